The van der Waals surface area contributed by atoms with Gasteiger partial charge in [-0.05, 0) is 19.1 Å². The highest BCUT2D eigenvalue weighted by Crippen LogP contribution is 2.09. The zero-order valence-electron chi connectivity index (χ0n) is 11.6. The molecule has 6 heteroatoms. The molecule has 1 aromatic carbocycles. The first-order valence-corrected chi connectivity index (χ1v) is 10.8. The molecular formula is C13H18N2O2SSi. The Morgan fingerprint density at radius 3 is 2.32 bits per heavy atom. The van der Waals surface area contributed by atoms with E-state index in [2.05, 4.69) is 41.0 Å². The number of hydrazone groups is 1. The third-order valence-corrected chi connectivity index (χ3v) is 4.21. The van der Waals surface area contributed by atoms with Crippen molar-refractivity contribution in [3.63, 3.8) is 0 Å². The van der Waals surface area contributed by atoms with E-state index in [9.17, 15) is 8.42 Å². The summed E-state index contributed by atoms with van der Waals surface area (Å²) in [5, 5.41) is 3.63. The number of benzene rings is 1. The van der Waals surface area contributed by atoms with Crippen LogP contribution in [0.1, 0.15) is 5.56 Å². The van der Waals surface area contributed by atoms with Crippen LogP contribution in [0.15, 0.2) is 34.3 Å². The summed E-state index contributed by atoms with van der Waals surface area (Å²) in [6.45, 7) is 8.20. The molecule has 0 saturated heterocycles. The van der Waals surface area contributed by atoms with Crippen LogP contribution in [0.5, 0.6) is 0 Å². The lowest BCUT2D eigenvalue weighted by Gasteiger charge is -2.03. The molecule has 1 aromatic rings. The van der Waals surface area contributed by atoms with Crippen molar-refractivity contribution in [3.8, 4) is 11.5 Å². The molecule has 0 amide bonds. The Kier molecular flexibility index (Phi) is 4.92. The first-order chi connectivity index (χ1) is 8.71. The maximum Gasteiger partial charge on any atom is 0.276 e. The van der Waals surface area contributed by atoms with Crippen LogP contribution >= 0.6 is 0 Å². The lowest BCUT2D eigenvalue weighted by atomic mass is 10.2. The van der Waals surface area contributed by atoms with Gasteiger partial charge in [0.25, 0.3) is 10.0 Å². The molecule has 0 spiro atoms. The standard InChI is InChI=1S/C13H18N2O2SSi/c1-12-6-8-13(9-7-12)18(16,17)15-14-10-5-11-19(2,3)4/h6-10,15H,1-4H3/b14-10-. The van der Waals surface area contributed by atoms with Gasteiger partial charge in [-0.1, -0.05) is 43.3 Å². The van der Waals surface area contributed by atoms with Crippen LogP contribution in [-0.4, -0.2) is 22.7 Å². The highest BCUT2D eigenvalue weighted by molar-refractivity contribution is 7.89. The molecule has 19 heavy (non-hydrogen) atoms. The summed E-state index contributed by atoms with van der Waals surface area (Å²) in [4.78, 5) is 2.32. The van der Waals surface area contributed by atoms with E-state index in [4.69, 9.17) is 0 Å². The number of rotatable bonds is 3. The van der Waals surface area contributed by atoms with Crippen LogP contribution in [0.3, 0.4) is 0 Å². The lowest BCUT2D eigenvalue weighted by molar-refractivity contribution is 0.584. The van der Waals surface area contributed by atoms with Gasteiger partial charge < -0.3 is 0 Å². The Bertz CT molecular complexity index is 617. The zero-order valence-corrected chi connectivity index (χ0v) is 13.4. The van der Waals surface area contributed by atoms with Gasteiger partial charge in [0.1, 0.15) is 8.07 Å². The molecule has 102 valence electrons. The van der Waals surface area contributed by atoms with Gasteiger partial charge in [0, 0.05) is 0 Å². The number of nitrogens with one attached hydrogen (secondary N) is 1. The third kappa shape index (κ3) is 5.72. The van der Waals surface area contributed by atoms with E-state index >= 15 is 0 Å². The molecular weight excluding hydrogens is 276 g/mol. The fraction of sp³-hybridized carbons (Fsp3) is 0.308. The van der Waals surface area contributed by atoms with E-state index < -0.39 is 18.1 Å². The van der Waals surface area contributed by atoms with E-state index in [1.807, 2.05) is 6.92 Å². The molecule has 0 atom stereocenters. The quantitative estimate of drug-likeness (QED) is 0.402. The zero-order chi connectivity index (χ0) is 14.5. The van der Waals surface area contributed by atoms with Gasteiger partial charge in [-0.3, -0.25) is 0 Å². The van der Waals surface area contributed by atoms with Crippen molar-refractivity contribution in [2.45, 2.75) is 31.5 Å². The van der Waals surface area contributed by atoms with Crippen molar-refractivity contribution in [3.05, 3.63) is 29.8 Å². The Balaban J connectivity index is 2.73. The summed E-state index contributed by atoms with van der Waals surface area (Å²) in [6.07, 6.45) is 1.28. The molecule has 0 heterocycles. The smallest absolute Gasteiger partial charge is 0.200 e. The topological polar surface area (TPSA) is 58.5 Å². The molecule has 0 aliphatic heterocycles. The van der Waals surface area contributed by atoms with Gasteiger partial charge in [0.05, 0.1) is 11.1 Å². The molecule has 1 N–H and O–H groups in total. The average Bonchev–Trinajstić information content (AvgIpc) is 2.27. The summed E-state index contributed by atoms with van der Waals surface area (Å²) in [5.74, 6) is 2.75. The molecule has 0 radical (unpaired) electrons. The normalized spacial score (nSPS) is 12.0. The van der Waals surface area contributed by atoms with Crippen LogP contribution in [0, 0.1) is 18.4 Å². The van der Waals surface area contributed by atoms with E-state index in [1.165, 1.54) is 6.21 Å². The van der Waals surface area contributed by atoms with Crippen LogP contribution in [0.25, 0.3) is 0 Å². The molecule has 0 saturated carbocycles. The predicted molar refractivity (Wildman–Crippen MR) is 81.1 cm³/mol. The molecule has 0 aromatic heterocycles. The Hall–Kier alpha value is -1.58. The Morgan fingerprint density at radius 1 is 1.21 bits per heavy atom. The number of hydrogen-bond acceptors (Lipinski definition) is 3. The first kappa shape index (κ1) is 15.5. The molecule has 1 rings (SSSR count). The van der Waals surface area contributed by atoms with Gasteiger partial charge in [0.15, 0.2) is 0 Å². The minimum absolute atomic E-state index is 0.188. The second-order valence-electron chi connectivity index (χ2n) is 5.19. The molecule has 0 aliphatic carbocycles. The molecule has 0 fully saturated rings. The van der Waals surface area contributed by atoms with Gasteiger partial charge in [-0.15, -0.1) is 5.54 Å². The van der Waals surface area contributed by atoms with Crippen molar-refractivity contribution in [2.24, 2.45) is 5.10 Å². The van der Waals surface area contributed by atoms with Crippen LogP contribution < -0.4 is 4.83 Å². The maximum absolute atomic E-state index is 11.8. The second-order valence-corrected chi connectivity index (χ2v) is 11.6. The SMILES string of the molecule is Cc1ccc(S(=O)(=O)N/N=C\C#C[Si](C)(C)C)cc1. The fourth-order valence-corrected chi connectivity index (χ4v) is 2.44. The molecule has 4 nitrogen and oxygen atoms in total. The lowest BCUT2D eigenvalue weighted by Crippen LogP contribution is -2.18. The summed E-state index contributed by atoms with van der Waals surface area (Å²) in [6, 6.07) is 6.56. The highest BCUT2D eigenvalue weighted by Gasteiger charge is 2.11. The Labute approximate surface area is 116 Å². The van der Waals surface area contributed by atoms with E-state index in [0.29, 0.717) is 0 Å². The van der Waals surface area contributed by atoms with E-state index in [1.54, 1.807) is 24.3 Å². The second kappa shape index (κ2) is 6.04. The number of aryl methyl sites for hydroxylation is 1. The van der Waals surface area contributed by atoms with Crippen LogP contribution in [0.2, 0.25) is 19.6 Å². The largest absolute Gasteiger partial charge is 0.276 e. The number of nitrogens with zero attached hydrogens (tertiary/aromatic N) is 1. The summed E-state index contributed by atoms with van der Waals surface area (Å²) >= 11 is 0. The Morgan fingerprint density at radius 2 is 1.79 bits per heavy atom. The van der Waals surface area contributed by atoms with Gasteiger partial charge >= 0.3 is 0 Å². The number of hydrogen-bond donors (Lipinski definition) is 1. The maximum atomic E-state index is 11.8. The predicted octanol–water partition coefficient (Wildman–Crippen LogP) is 2.14. The van der Waals surface area contributed by atoms with Crippen molar-refractivity contribution >= 4 is 24.3 Å². The minimum Gasteiger partial charge on any atom is -0.200 e. The van der Waals surface area contributed by atoms with Gasteiger partial charge in [-0.2, -0.15) is 18.4 Å². The van der Waals surface area contributed by atoms with Crippen LogP contribution in [0.4, 0.5) is 0 Å². The van der Waals surface area contributed by atoms with Crippen molar-refractivity contribution in [2.75, 3.05) is 0 Å². The minimum atomic E-state index is -3.60. The summed E-state index contributed by atoms with van der Waals surface area (Å²) < 4.78 is 23.7. The summed E-state index contributed by atoms with van der Waals surface area (Å²) in [7, 11) is -5.05. The fourth-order valence-electron chi connectivity index (χ4n) is 1.15. The average molecular weight is 294 g/mol. The van der Waals surface area contributed by atoms with E-state index in [-0.39, 0.29) is 4.90 Å². The molecule has 0 aliphatic rings. The van der Waals surface area contributed by atoms with Crippen molar-refractivity contribution in [1.29, 1.82) is 0 Å². The third-order valence-electron chi connectivity index (χ3n) is 2.08. The van der Waals surface area contributed by atoms with Gasteiger partial charge in [-0.25, -0.2) is 0 Å². The highest BCUT2D eigenvalue weighted by atomic mass is 32.2. The van der Waals surface area contributed by atoms with Crippen LogP contribution in [-0.2, 0) is 10.0 Å². The van der Waals surface area contributed by atoms with Gasteiger partial charge in [0.2, 0.25) is 0 Å². The molecule has 0 unspecified atom stereocenters. The molecule has 0 bridgehead atoms. The van der Waals surface area contributed by atoms with Crippen molar-refractivity contribution < 1.29 is 8.42 Å². The summed E-state index contributed by atoms with van der Waals surface area (Å²) in [5.41, 5.74) is 4.06. The van der Waals surface area contributed by atoms with Crippen molar-refractivity contribution in [1.82, 2.24) is 4.83 Å². The number of sulfonamides is 1. The monoisotopic (exact) mass is 294 g/mol. The van der Waals surface area contributed by atoms with E-state index in [0.717, 1.165) is 5.56 Å². The first-order valence-electron chi connectivity index (χ1n) is 5.83.